The van der Waals surface area contributed by atoms with E-state index in [0.29, 0.717) is 33.0 Å². The van der Waals surface area contributed by atoms with Crippen LogP contribution in [0.5, 0.6) is 0 Å². The van der Waals surface area contributed by atoms with Crippen LogP contribution in [-0.2, 0) is 0 Å². The van der Waals surface area contributed by atoms with Gasteiger partial charge in [0.25, 0.3) is 23.6 Å². The summed E-state index contributed by atoms with van der Waals surface area (Å²) in [6.45, 7) is 12.4. The minimum absolute atomic E-state index is 0.152. The van der Waals surface area contributed by atoms with E-state index >= 15 is 9.59 Å². The Morgan fingerprint density at radius 3 is 1.35 bits per heavy atom. The monoisotopic (exact) mass is 916 g/mol. The molecule has 9 heteroatoms. The second-order valence-corrected chi connectivity index (χ2v) is 20.1. The highest BCUT2D eigenvalue weighted by Gasteiger charge is 2.41. The van der Waals surface area contributed by atoms with E-state index in [1.54, 1.807) is 9.80 Å². The van der Waals surface area contributed by atoms with Gasteiger partial charge in [-0.3, -0.25) is 29.0 Å². The summed E-state index contributed by atoms with van der Waals surface area (Å²) in [6.07, 6.45) is 22.5. The van der Waals surface area contributed by atoms with Crippen LogP contribution in [0.1, 0.15) is 198 Å². The standard InChI is InChI=1S/C59H73N5O4/c1-5-9-13-17-21-40(22-18-14-10-6-2)63-56(65)45-29-26-42-43-27-30-47-54-49(59(68)64(58(47)67)41(23-19-15-11-7-3)24-20-16-12-8-4)37-48(39-25-32-50(61-38-39)62-35-33-60-34-36-62)52(55(43)54)44-28-31-46(57(63)66)53(45)51(42)44/h25-32,37-38,40-41,60H,5-24,33-36H2,1-4H3. The Morgan fingerprint density at radius 1 is 0.456 bits per heavy atom. The SMILES string of the molecule is CCCCCCC(CCCCCC)N1C(=O)c2ccc3c4ccc5c6c(cc(-c7ccc(N8CCNCC8)nc7)c(c7ccc(c2c37)C1=O)c64)C(=O)N(C(CCCCCC)CCCCCC)C5=O. The summed E-state index contributed by atoms with van der Waals surface area (Å²) in [7, 11) is 0. The first-order valence-corrected chi connectivity index (χ1v) is 26.7. The predicted molar refractivity (Wildman–Crippen MR) is 280 cm³/mol. The number of hydrogen-bond acceptors (Lipinski definition) is 7. The molecule has 0 bridgehead atoms. The Labute approximate surface area is 403 Å². The molecule has 0 spiro atoms. The van der Waals surface area contributed by atoms with Crippen molar-refractivity contribution in [1.29, 1.82) is 0 Å². The van der Waals surface area contributed by atoms with Gasteiger partial charge in [0.2, 0.25) is 0 Å². The number of piperazine rings is 1. The van der Waals surface area contributed by atoms with E-state index < -0.39 is 0 Å². The number of unbranched alkanes of at least 4 members (excludes halogenated alkanes) is 12. The number of anilines is 1. The molecule has 0 saturated carbocycles. The maximum Gasteiger partial charge on any atom is 0.261 e. The lowest BCUT2D eigenvalue weighted by Crippen LogP contribution is -2.47. The van der Waals surface area contributed by atoms with Crippen LogP contribution in [0.4, 0.5) is 5.82 Å². The minimum atomic E-state index is -0.222. The summed E-state index contributed by atoms with van der Waals surface area (Å²) in [4.78, 5) is 70.8. The molecule has 9 rings (SSSR count). The van der Waals surface area contributed by atoms with Crippen LogP contribution in [-0.4, -0.2) is 76.7 Å². The van der Waals surface area contributed by atoms with E-state index in [9.17, 15) is 9.59 Å². The summed E-state index contributed by atoms with van der Waals surface area (Å²) in [5.74, 6) is 0.0650. The summed E-state index contributed by atoms with van der Waals surface area (Å²) in [6, 6.07) is 17.9. The van der Waals surface area contributed by atoms with Crippen molar-refractivity contribution < 1.29 is 19.2 Å². The molecule has 68 heavy (non-hydrogen) atoms. The van der Waals surface area contributed by atoms with Gasteiger partial charge in [-0.25, -0.2) is 4.98 Å². The first kappa shape index (κ1) is 47.6. The Bertz CT molecular complexity index is 2740. The quantitative estimate of drug-likeness (QED) is 0.0279. The van der Waals surface area contributed by atoms with Crippen molar-refractivity contribution >= 4 is 72.5 Å². The van der Waals surface area contributed by atoms with Crippen molar-refractivity contribution in [3.05, 3.63) is 83.0 Å². The highest BCUT2D eigenvalue weighted by molar-refractivity contribution is 6.43. The van der Waals surface area contributed by atoms with Crippen molar-refractivity contribution in [2.24, 2.45) is 0 Å². The Hall–Kier alpha value is -5.41. The number of benzene rings is 5. The van der Waals surface area contributed by atoms with Crippen LogP contribution in [0.2, 0.25) is 0 Å². The van der Waals surface area contributed by atoms with Crippen molar-refractivity contribution in [2.75, 3.05) is 31.1 Å². The Kier molecular flexibility index (Phi) is 15.1. The molecular formula is C59H73N5O4. The molecule has 9 nitrogen and oxygen atoms in total. The fraction of sp³-hybridized carbons (Fsp3) is 0.508. The number of fused-ring (bicyclic) bond motifs is 2. The average molecular weight is 916 g/mol. The fourth-order valence-corrected chi connectivity index (χ4v) is 12.0. The predicted octanol–water partition coefficient (Wildman–Crippen LogP) is 14.0. The third-order valence-electron chi connectivity index (χ3n) is 15.6. The molecule has 1 aromatic heterocycles. The maximum atomic E-state index is 15.3. The van der Waals surface area contributed by atoms with Crippen molar-refractivity contribution in [3.8, 4) is 11.1 Å². The molecule has 3 aliphatic heterocycles. The summed E-state index contributed by atoms with van der Waals surface area (Å²) >= 11 is 0. The van der Waals surface area contributed by atoms with E-state index in [0.717, 1.165) is 204 Å². The molecule has 4 amide bonds. The molecule has 6 aromatic rings. The molecule has 3 aliphatic rings. The number of nitrogens with one attached hydrogen (secondary N) is 1. The first-order chi connectivity index (χ1) is 33.3. The molecule has 0 aliphatic carbocycles. The van der Waals surface area contributed by atoms with E-state index in [4.69, 9.17) is 4.98 Å². The Balaban J connectivity index is 1.22. The summed E-state index contributed by atoms with van der Waals surface area (Å²) in [5.41, 5.74) is 3.97. The van der Waals surface area contributed by atoms with E-state index in [-0.39, 0.29) is 35.7 Å². The largest absolute Gasteiger partial charge is 0.354 e. The zero-order chi connectivity index (χ0) is 47.3. The van der Waals surface area contributed by atoms with Crippen LogP contribution in [0.3, 0.4) is 0 Å². The second kappa shape index (κ2) is 21.5. The molecule has 1 N–H and O–H groups in total. The van der Waals surface area contributed by atoms with Crippen molar-refractivity contribution in [3.63, 3.8) is 0 Å². The van der Waals surface area contributed by atoms with Gasteiger partial charge in [0.05, 0.1) is 0 Å². The number of nitrogens with zero attached hydrogens (tertiary/aromatic N) is 4. The van der Waals surface area contributed by atoms with Crippen LogP contribution in [0, 0.1) is 0 Å². The fourth-order valence-electron chi connectivity index (χ4n) is 12.0. The number of aromatic nitrogens is 1. The van der Waals surface area contributed by atoms with Crippen LogP contribution in [0.15, 0.2) is 60.8 Å². The van der Waals surface area contributed by atoms with Gasteiger partial charge < -0.3 is 10.2 Å². The summed E-state index contributed by atoms with van der Waals surface area (Å²) < 4.78 is 0. The normalized spacial score (nSPS) is 15.4. The van der Waals surface area contributed by atoms with Gasteiger partial charge in [0, 0.05) is 83.0 Å². The van der Waals surface area contributed by atoms with Crippen molar-refractivity contribution in [1.82, 2.24) is 20.1 Å². The topological polar surface area (TPSA) is 103 Å². The Morgan fingerprint density at radius 2 is 0.897 bits per heavy atom. The molecular weight excluding hydrogens is 843 g/mol. The van der Waals surface area contributed by atoms with Gasteiger partial charge >= 0.3 is 0 Å². The van der Waals surface area contributed by atoms with Gasteiger partial charge in [0.1, 0.15) is 5.82 Å². The number of rotatable bonds is 24. The molecule has 5 aromatic carbocycles. The van der Waals surface area contributed by atoms with Crippen LogP contribution >= 0.6 is 0 Å². The molecule has 0 radical (unpaired) electrons. The van der Waals surface area contributed by atoms with E-state index in [1.807, 2.05) is 36.5 Å². The zero-order valence-corrected chi connectivity index (χ0v) is 41.3. The number of pyridine rings is 1. The van der Waals surface area contributed by atoms with Crippen molar-refractivity contribution in [2.45, 2.75) is 168 Å². The number of carbonyl (C=O) groups excluding carboxylic acids is 4. The third kappa shape index (κ3) is 8.89. The highest BCUT2D eigenvalue weighted by atomic mass is 16.2. The van der Waals surface area contributed by atoms with E-state index in [1.165, 1.54) is 0 Å². The number of imide groups is 2. The highest BCUT2D eigenvalue weighted by Crippen LogP contribution is 2.50. The number of amides is 4. The lowest BCUT2D eigenvalue weighted by molar-refractivity contribution is 0.0501. The molecule has 0 atom stereocenters. The van der Waals surface area contributed by atoms with E-state index in [2.05, 4.69) is 62.2 Å². The molecule has 0 unspecified atom stereocenters. The number of carbonyl (C=O) groups is 4. The van der Waals surface area contributed by atoms with Gasteiger partial charge in [-0.2, -0.15) is 0 Å². The molecule has 1 saturated heterocycles. The number of hydrogen-bond donors (Lipinski definition) is 1. The van der Waals surface area contributed by atoms with Gasteiger partial charge in [-0.05, 0) is 100.0 Å². The third-order valence-corrected chi connectivity index (χ3v) is 15.6. The first-order valence-electron chi connectivity index (χ1n) is 26.7. The average Bonchev–Trinajstić information content (AvgIpc) is 3.36. The van der Waals surface area contributed by atoms with Gasteiger partial charge in [0.15, 0.2) is 0 Å². The molecule has 1 fully saturated rings. The minimum Gasteiger partial charge on any atom is -0.354 e. The van der Waals surface area contributed by atoms with Crippen LogP contribution in [0.25, 0.3) is 54.2 Å². The van der Waals surface area contributed by atoms with Crippen LogP contribution < -0.4 is 10.2 Å². The lowest BCUT2D eigenvalue weighted by Gasteiger charge is -2.36. The zero-order valence-electron chi connectivity index (χ0n) is 41.3. The van der Waals surface area contributed by atoms with Gasteiger partial charge in [-0.1, -0.05) is 149 Å². The maximum absolute atomic E-state index is 15.3. The summed E-state index contributed by atoms with van der Waals surface area (Å²) in [5, 5.41) is 10.2. The molecule has 358 valence electrons. The molecule has 4 heterocycles. The van der Waals surface area contributed by atoms with Gasteiger partial charge in [-0.15, -0.1) is 0 Å². The smallest absolute Gasteiger partial charge is 0.261 e. The second-order valence-electron chi connectivity index (χ2n) is 20.1. The lowest BCUT2D eigenvalue weighted by atomic mass is 9.79.